The van der Waals surface area contributed by atoms with E-state index in [1.807, 2.05) is 64.4 Å². The number of benzene rings is 1. The van der Waals surface area contributed by atoms with Crippen LogP contribution in [-0.2, 0) is 9.59 Å². The zero-order valence-corrected chi connectivity index (χ0v) is 31.8. The fraction of sp³-hybridized carbons (Fsp3) is 0.579. The van der Waals surface area contributed by atoms with Crippen LogP contribution in [0.3, 0.4) is 0 Å². The molecule has 5 heterocycles. The molecule has 0 saturated carbocycles. The summed E-state index contributed by atoms with van der Waals surface area (Å²) in [7, 11) is 0. The minimum absolute atomic E-state index is 0.00369. The Morgan fingerprint density at radius 2 is 1.71 bits per heavy atom. The van der Waals surface area contributed by atoms with Crippen molar-refractivity contribution in [3.05, 3.63) is 59.1 Å². The van der Waals surface area contributed by atoms with Crippen LogP contribution < -0.4 is 20.9 Å². The van der Waals surface area contributed by atoms with E-state index in [0.29, 0.717) is 0 Å². The van der Waals surface area contributed by atoms with Gasteiger partial charge in [-0.25, -0.2) is 15.0 Å². The number of likely N-dealkylation sites (tertiary alicyclic amines) is 1. The number of aliphatic hydroxyl groups excluding tert-OH is 1. The summed E-state index contributed by atoms with van der Waals surface area (Å²) in [5, 5.41) is 20.0. The largest absolute Gasteiger partial charge is 0.391 e. The molecule has 4 atom stereocenters. The Balaban J connectivity index is 1.06. The number of aryl methyl sites for hydroxylation is 1. The van der Waals surface area contributed by atoms with Gasteiger partial charge in [0.15, 0.2) is 0 Å². The third-order valence-corrected chi connectivity index (χ3v) is 11.6. The summed E-state index contributed by atoms with van der Waals surface area (Å²) in [5.41, 5.74) is 4.18. The molecule has 0 bridgehead atoms. The van der Waals surface area contributed by atoms with Crippen molar-refractivity contribution in [2.75, 3.05) is 57.3 Å². The van der Waals surface area contributed by atoms with Gasteiger partial charge in [-0.05, 0) is 62.2 Å². The molecule has 3 aliphatic heterocycles. The number of carbonyl (C=O) groups excluding carboxylic acids is 3. The highest BCUT2D eigenvalue weighted by Gasteiger charge is 2.45. The Bertz CT molecular complexity index is 1680. The molecule has 14 heteroatoms. The summed E-state index contributed by atoms with van der Waals surface area (Å²) in [4.78, 5) is 61.8. The van der Waals surface area contributed by atoms with E-state index in [1.165, 1.54) is 23.9 Å². The fourth-order valence-corrected chi connectivity index (χ4v) is 8.22. The Morgan fingerprint density at radius 3 is 2.33 bits per heavy atom. The molecule has 3 aliphatic rings. The van der Waals surface area contributed by atoms with Gasteiger partial charge in [-0.15, -0.1) is 11.3 Å². The van der Waals surface area contributed by atoms with Crippen LogP contribution in [0.2, 0.25) is 0 Å². The SMILES string of the molecule is Cc1ncsc1-c1ccc([C@H](C)NC(=O)[C@@H]2C[C@@H](O)CN2C(=O)[C@@H](NC(=O)c2cnc(N3CCN(CC4CCNCC4)CC3)cn2)C(C)(C)C)cc1. The maximum atomic E-state index is 14.1. The van der Waals surface area contributed by atoms with Gasteiger partial charge < -0.3 is 30.9 Å². The van der Waals surface area contributed by atoms with Crippen LogP contribution in [-0.4, -0.2) is 118 Å². The van der Waals surface area contributed by atoms with Crippen molar-refractivity contribution in [2.24, 2.45) is 11.3 Å². The van der Waals surface area contributed by atoms with Gasteiger partial charge in [0.25, 0.3) is 5.91 Å². The highest BCUT2D eigenvalue weighted by Crippen LogP contribution is 2.30. The van der Waals surface area contributed by atoms with Gasteiger partial charge in [0.05, 0.1) is 40.6 Å². The summed E-state index contributed by atoms with van der Waals surface area (Å²) >= 11 is 1.58. The number of thiazole rings is 1. The topological polar surface area (TPSA) is 156 Å². The Labute approximate surface area is 310 Å². The highest BCUT2D eigenvalue weighted by molar-refractivity contribution is 7.13. The number of rotatable bonds is 10. The van der Waals surface area contributed by atoms with Crippen LogP contribution in [0.1, 0.15) is 74.7 Å². The number of aliphatic hydroxyl groups is 1. The maximum absolute atomic E-state index is 14.1. The number of aromatic nitrogens is 3. The van der Waals surface area contributed by atoms with E-state index < -0.39 is 35.4 Å². The lowest BCUT2D eigenvalue weighted by molar-refractivity contribution is -0.142. The molecule has 52 heavy (non-hydrogen) atoms. The van der Waals surface area contributed by atoms with Crippen molar-refractivity contribution in [1.29, 1.82) is 0 Å². The number of hydrogen-bond donors (Lipinski definition) is 4. The molecule has 13 nitrogen and oxygen atoms in total. The number of hydrogen-bond acceptors (Lipinski definition) is 11. The van der Waals surface area contributed by atoms with Gasteiger partial charge in [-0.3, -0.25) is 19.3 Å². The van der Waals surface area contributed by atoms with Crippen molar-refractivity contribution in [3.8, 4) is 10.4 Å². The number of nitrogens with one attached hydrogen (secondary N) is 3. The maximum Gasteiger partial charge on any atom is 0.272 e. The normalized spacial score (nSPS) is 21.5. The fourth-order valence-electron chi connectivity index (χ4n) is 7.41. The third-order valence-electron chi connectivity index (χ3n) is 10.6. The molecule has 3 saturated heterocycles. The van der Waals surface area contributed by atoms with Crippen LogP contribution in [0.5, 0.6) is 0 Å². The Kier molecular flexibility index (Phi) is 11.9. The first-order chi connectivity index (χ1) is 24.9. The van der Waals surface area contributed by atoms with E-state index >= 15 is 0 Å². The molecule has 4 N–H and O–H groups in total. The average molecular weight is 732 g/mol. The summed E-state index contributed by atoms with van der Waals surface area (Å²) in [6.07, 6.45) is 4.79. The summed E-state index contributed by atoms with van der Waals surface area (Å²) in [5.74, 6) is 0.172. The average Bonchev–Trinajstić information content (AvgIpc) is 3.75. The number of piperidine rings is 1. The first kappa shape index (κ1) is 37.8. The summed E-state index contributed by atoms with van der Waals surface area (Å²) < 4.78 is 0. The monoisotopic (exact) mass is 731 g/mol. The summed E-state index contributed by atoms with van der Waals surface area (Å²) in [6, 6.07) is 5.79. The van der Waals surface area contributed by atoms with Gasteiger partial charge in [0.2, 0.25) is 11.8 Å². The predicted octanol–water partition coefficient (Wildman–Crippen LogP) is 3.01. The quantitative estimate of drug-likeness (QED) is 0.245. The lowest BCUT2D eigenvalue weighted by atomic mass is 9.85. The van der Waals surface area contributed by atoms with Crippen LogP contribution in [0.25, 0.3) is 10.4 Å². The first-order valence-corrected chi connectivity index (χ1v) is 19.4. The van der Waals surface area contributed by atoms with E-state index in [9.17, 15) is 19.5 Å². The van der Waals surface area contributed by atoms with Crippen LogP contribution in [0, 0.1) is 18.3 Å². The third kappa shape index (κ3) is 8.96. The second-order valence-electron chi connectivity index (χ2n) is 15.5. The molecule has 0 radical (unpaired) electrons. The van der Waals surface area contributed by atoms with Gasteiger partial charge >= 0.3 is 0 Å². The van der Waals surface area contributed by atoms with Crippen molar-refractivity contribution in [2.45, 2.75) is 78.1 Å². The zero-order valence-electron chi connectivity index (χ0n) is 31.0. The van der Waals surface area contributed by atoms with Crippen molar-refractivity contribution in [3.63, 3.8) is 0 Å². The minimum atomic E-state index is -0.977. The number of carbonyl (C=O) groups is 3. The summed E-state index contributed by atoms with van der Waals surface area (Å²) in [6.45, 7) is 16.4. The molecule has 3 fully saturated rings. The van der Waals surface area contributed by atoms with E-state index in [4.69, 9.17) is 0 Å². The molecule has 3 aromatic rings. The van der Waals surface area contributed by atoms with Crippen molar-refractivity contribution >= 4 is 34.9 Å². The Hall–Kier alpha value is -3.98. The molecule has 0 aliphatic carbocycles. The predicted molar refractivity (Wildman–Crippen MR) is 202 cm³/mol. The molecule has 2 aromatic heterocycles. The molecule has 0 spiro atoms. The molecule has 1 aromatic carbocycles. The first-order valence-electron chi connectivity index (χ1n) is 18.5. The van der Waals surface area contributed by atoms with Gasteiger partial charge in [-0.2, -0.15) is 0 Å². The Morgan fingerprint density at radius 1 is 1.00 bits per heavy atom. The highest BCUT2D eigenvalue weighted by atomic mass is 32.1. The van der Waals surface area contributed by atoms with E-state index in [0.717, 1.165) is 79.2 Å². The number of β-amino-alcohol motifs (C(OH)–C–C–N with tert-alkyl or cyclic N) is 1. The van der Waals surface area contributed by atoms with Crippen molar-refractivity contribution < 1.29 is 19.5 Å². The van der Waals surface area contributed by atoms with Crippen molar-refractivity contribution in [1.82, 2.24) is 40.7 Å². The second kappa shape index (κ2) is 16.4. The van der Waals surface area contributed by atoms with Gasteiger partial charge in [-0.1, -0.05) is 45.0 Å². The lowest BCUT2D eigenvalue weighted by Gasteiger charge is -2.37. The van der Waals surface area contributed by atoms with Crippen LogP contribution >= 0.6 is 11.3 Å². The number of piperazine rings is 1. The van der Waals surface area contributed by atoms with Gasteiger partial charge in [0, 0.05) is 45.7 Å². The number of nitrogens with zero attached hydrogens (tertiary/aromatic N) is 6. The second-order valence-corrected chi connectivity index (χ2v) is 16.4. The molecular formula is C38H53N9O4S. The minimum Gasteiger partial charge on any atom is -0.391 e. The molecule has 280 valence electrons. The number of anilines is 1. The smallest absolute Gasteiger partial charge is 0.272 e. The van der Waals surface area contributed by atoms with E-state index in [1.54, 1.807) is 17.5 Å². The lowest BCUT2D eigenvalue weighted by Crippen LogP contribution is -2.58. The standard InChI is InChI=1S/C38H53N9O4S/c1-24(27-6-8-28(9-7-27)33-25(2)42-23-52-33)43-36(50)31-18-29(48)22-47(31)37(51)34(38(3,4)5)44-35(49)30-19-41-32(20-40-30)46-16-14-45(15-17-46)21-26-10-12-39-13-11-26/h6-9,19-20,23-24,26,29,31,34,39,48H,10-18,21-22H2,1-5H3,(H,43,50)(H,44,49)/t24-,29+,31-,34+/m0/s1. The van der Waals surface area contributed by atoms with Gasteiger partial charge in [0.1, 0.15) is 23.6 Å². The number of amides is 3. The molecule has 0 unspecified atom stereocenters. The molecule has 6 rings (SSSR count). The van der Waals surface area contributed by atoms with E-state index in [2.05, 4.69) is 40.7 Å². The van der Waals surface area contributed by atoms with Crippen LogP contribution in [0.4, 0.5) is 5.82 Å². The zero-order chi connectivity index (χ0) is 37.0. The molecular weight excluding hydrogens is 679 g/mol. The van der Waals surface area contributed by atoms with Crippen LogP contribution in [0.15, 0.2) is 42.2 Å². The van der Waals surface area contributed by atoms with E-state index in [-0.39, 0.29) is 30.6 Å². The molecule has 3 amide bonds.